The highest BCUT2D eigenvalue weighted by Gasteiger charge is 2.05. The van der Waals surface area contributed by atoms with Crippen LogP contribution in [0, 0.1) is 0 Å². The van der Waals surface area contributed by atoms with Crippen molar-refractivity contribution in [3.05, 3.63) is 48.0 Å². The fourth-order valence-corrected chi connectivity index (χ4v) is 3.58. The minimum absolute atomic E-state index is 0.778. The summed E-state index contributed by atoms with van der Waals surface area (Å²) in [4.78, 5) is 4.91. The monoisotopic (exact) mass is 334 g/mol. The number of rotatable bonds is 9. The quantitative estimate of drug-likeness (QED) is 0.270. The average molecular weight is 335 g/mol. The van der Waals surface area contributed by atoms with Crippen molar-refractivity contribution in [3.63, 3.8) is 0 Å². The Balaban J connectivity index is 1.63. The highest BCUT2D eigenvalue weighted by atomic mass is 14.7. The predicted octanol–water partition coefficient (Wildman–Crippen LogP) is 6.65. The summed E-state index contributed by atoms with van der Waals surface area (Å²) in [5.74, 6) is 0. The molecule has 0 aliphatic rings. The molecule has 0 atom stereocenters. The van der Waals surface area contributed by atoms with E-state index < -0.39 is 0 Å². The van der Waals surface area contributed by atoms with Crippen LogP contribution in [0.25, 0.3) is 21.8 Å². The lowest BCUT2D eigenvalue weighted by molar-refractivity contribution is 0.576. The van der Waals surface area contributed by atoms with Gasteiger partial charge in [-0.1, -0.05) is 76.1 Å². The lowest BCUT2D eigenvalue weighted by atomic mass is 10.0. The van der Waals surface area contributed by atoms with Gasteiger partial charge in [-0.25, -0.2) is 4.98 Å². The first-order chi connectivity index (χ1) is 12.3. The van der Waals surface area contributed by atoms with Crippen molar-refractivity contribution >= 4 is 27.5 Å². The summed E-state index contributed by atoms with van der Waals surface area (Å²) in [5.41, 5.74) is 10.2. The first kappa shape index (κ1) is 17.7. The predicted molar refractivity (Wildman–Crippen MR) is 110 cm³/mol. The molecule has 0 fully saturated rings. The van der Waals surface area contributed by atoms with Gasteiger partial charge in [-0.3, -0.25) is 0 Å². The van der Waals surface area contributed by atoms with Crippen molar-refractivity contribution in [3.8, 4) is 0 Å². The zero-order chi connectivity index (χ0) is 17.5. The normalized spacial score (nSPS) is 11.4. The number of nitrogen functional groups attached to an aromatic ring is 1. The summed E-state index contributed by atoms with van der Waals surface area (Å²) in [5, 5.41) is 2.39. The molecule has 0 unspecified atom stereocenters. The Hall–Kier alpha value is -2.09. The molecule has 0 saturated carbocycles. The number of fused-ring (bicyclic) bond motifs is 2. The van der Waals surface area contributed by atoms with Crippen LogP contribution in [0.2, 0.25) is 0 Å². The molecule has 0 amide bonds. The van der Waals surface area contributed by atoms with E-state index in [1.807, 2.05) is 12.1 Å². The fraction of sp³-hybridized carbons (Fsp3) is 0.435. The zero-order valence-electron chi connectivity index (χ0n) is 15.4. The van der Waals surface area contributed by atoms with Crippen LogP contribution in [0.5, 0.6) is 0 Å². The number of nitrogens with zero attached hydrogens (tertiary/aromatic N) is 1. The Morgan fingerprint density at radius 3 is 2.36 bits per heavy atom. The second-order valence-electron chi connectivity index (χ2n) is 7.15. The summed E-state index contributed by atoms with van der Waals surface area (Å²) in [7, 11) is 0. The second-order valence-corrected chi connectivity index (χ2v) is 7.15. The number of pyridine rings is 1. The molecule has 1 aromatic heterocycles. The first-order valence-corrected chi connectivity index (χ1v) is 9.86. The third kappa shape index (κ3) is 4.72. The van der Waals surface area contributed by atoms with Crippen LogP contribution in [0.4, 0.5) is 5.69 Å². The lowest BCUT2D eigenvalue weighted by Crippen LogP contribution is -1.93. The van der Waals surface area contributed by atoms with Crippen LogP contribution < -0.4 is 5.73 Å². The van der Waals surface area contributed by atoms with E-state index in [1.54, 1.807) is 0 Å². The third-order valence-electron chi connectivity index (χ3n) is 5.05. The topological polar surface area (TPSA) is 38.9 Å². The van der Waals surface area contributed by atoms with Crippen LogP contribution in [0.1, 0.15) is 63.9 Å². The van der Waals surface area contributed by atoms with Crippen LogP contribution >= 0.6 is 0 Å². The van der Waals surface area contributed by atoms with Crippen molar-refractivity contribution in [1.82, 2.24) is 4.98 Å². The van der Waals surface area contributed by atoms with Crippen LogP contribution in [0.15, 0.2) is 42.5 Å². The molecule has 1 heterocycles. The molecule has 3 rings (SSSR count). The molecule has 3 aromatic rings. The van der Waals surface area contributed by atoms with E-state index in [-0.39, 0.29) is 0 Å². The molecule has 2 aromatic carbocycles. The Bertz CT molecular complexity index is 823. The SMILES string of the molecule is CCCCCCCCCCc1cccc2cc3ccc(N)cc3nc12. The van der Waals surface area contributed by atoms with E-state index in [4.69, 9.17) is 10.7 Å². The molecule has 132 valence electrons. The number of aromatic nitrogens is 1. The summed E-state index contributed by atoms with van der Waals surface area (Å²) in [6.07, 6.45) is 12.0. The maximum absolute atomic E-state index is 5.92. The van der Waals surface area contributed by atoms with Gasteiger partial charge < -0.3 is 5.73 Å². The molecule has 0 aliphatic carbocycles. The Morgan fingerprint density at radius 2 is 1.56 bits per heavy atom. The van der Waals surface area contributed by atoms with Gasteiger partial charge in [-0.15, -0.1) is 0 Å². The van der Waals surface area contributed by atoms with Gasteiger partial charge in [0.25, 0.3) is 0 Å². The maximum atomic E-state index is 5.92. The number of unbranched alkanes of at least 4 members (excludes halogenated alkanes) is 7. The fourth-order valence-electron chi connectivity index (χ4n) is 3.58. The van der Waals surface area contributed by atoms with Crippen molar-refractivity contribution < 1.29 is 0 Å². The summed E-state index contributed by atoms with van der Waals surface area (Å²) in [6.45, 7) is 2.27. The second kappa shape index (κ2) is 8.84. The number of aryl methyl sites for hydroxylation is 1. The number of hydrogen-bond donors (Lipinski definition) is 1. The highest BCUT2D eigenvalue weighted by Crippen LogP contribution is 2.25. The van der Waals surface area contributed by atoms with Crippen molar-refractivity contribution in [1.29, 1.82) is 0 Å². The van der Waals surface area contributed by atoms with Gasteiger partial charge in [0.2, 0.25) is 0 Å². The molecule has 0 radical (unpaired) electrons. The Labute approximate surface area is 151 Å². The van der Waals surface area contributed by atoms with E-state index in [9.17, 15) is 0 Å². The minimum atomic E-state index is 0.778. The van der Waals surface area contributed by atoms with Crippen molar-refractivity contribution in [2.45, 2.75) is 64.7 Å². The molecule has 0 bridgehead atoms. The van der Waals surface area contributed by atoms with E-state index in [0.29, 0.717) is 0 Å². The molecule has 2 nitrogen and oxygen atoms in total. The first-order valence-electron chi connectivity index (χ1n) is 9.86. The number of nitrogens with two attached hydrogens (primary N) is 1. The van der Waals surface area contributed by atoms with Gasteiger partial charge in [-0.05, 0) is 36.6 Å². The smallest absolute Gasteiger partial charge is 0.0741 e. The van der Waals surface area contributed by atoms with Gasteiger partial charge in [0.05, 0.1) is 11.0 Å². The van der Waals surface area contributed by atoms with Gasteiger partial charge >= 0.3 is 0 Å². The Kier molecular flexibility index (Phi) is 6.27. The van der Waals surface area contributed by atoms with Crippen LogP contribution in [-0.4, -0.2) is 4.98 Å². The molecule has 2 heteroatoms. The van der Waals surface area contributed by atoms with E-state index in [0.717, 1.165) is 28.5 Å². The van der Waals surface area contributed by atoms with Gasteiger partial charge in [0.15, 0.2) is 0 Å². The number of benzene rings is 2. The van der Waals surface area contributed by atoms with Crippen molar-refractivity contribution in [2.75, 3.05) is 5.73 Å². The molecule has 0 spiro atoms. The van der Waals surface area contributed by atoms with Crippen LogP contribution in [-0.2, 0) is 6.42 Å². The molecular formula is C23H30N2. The molecule has 0 saturated heterocycles. The molecule has 25 heavy (non-hydrogen) atoms. The lowest BCUT2D eigenvalue weighted by Gasteiger charge is -2.08. The minimum Gasteiger partial charge on any atom is -0.399 e. The van der Waals surface area contributed by atoms with E-state index in [2.05, 4.69) is 37.3 Å². The number of anilines is 1. The van der Waals surface area contributed by atoms with E-state index in [1.165, 1.54) is 62.3 Å². The standard InChI is InChI=1S/C23H30N2/c1-2-3-4-5-6-7-8-9-11-18-12-10-13-20-16-19-14-15-21(24)17-22(19)25-23(18)20/h10,12-17H,2-9,11,24H2,1H3. The number of hydrogen-bond acceptors (Lipinski definition) is 2. The number of para-hydroxylation sites is 1. The Morgan fingerprint density at radius 1 is 0.800 bits per heavy atom. The molecule has 2 N–H and O–H groups in total. The summed E-state index contributed by atoms with van der Waals surface area (Å²) >= 11 is 0. The van der Waals surface area contributed by atoms with Gasteiger partial charge in [0.1, 0.15) is 0 Å². The highest BCUT2D eigenvalue weighted by molar-refractivity contribution is 5.95. The van der Waals surface area contributed by atoms with Gasteiger partial charge in [0, 0.05) is 16.5 Å². The average Bonchev–Trinajstić information content (AvgIpc) is 2.62. The summed E-state index contributed by atoms with van der Waals surface area (Å²) < 4.78 is 0. The van der Waals surface area contributed by atoms with Crippen LogP contribution in [0.3, 0.4) is 0 Å². The summed E-state index contributed by atoms with van der Waals surface area (Å²) in [6, 6.07) is 14.8. The van der Waals surface area contributed by atoms with E-state index >= 15 is 0 Å². The third-order valence-corrected chi connectivity index (χ3v) is 5.05. The van der Waals surface area contributed by atoms with Gasteiger partial charge in [-0.2, -0.15) is 0 Å². The maximum Gasteiger partial charge on any atom is 0.0741 e. The largest absolute Gasteiger partial charge is 0.399 e. The molecule has 0 aliphatic heterocycles. The van der Waals surface area contributed by atoms with Crippen molar-refractivity contribution in [2.24, 2.45) is 0 Å². The molecular weight excluding hydrogens is 304 g/mol. The zero-order valence-corrected chi connectivity index (χ0v) is 15.4.